The zero-order chi connectivity index (χ0) is 16.7. The third-order valence-electron chi connectivity index (χ3n) is 3.64. The van der Waals surface area contributed by atoms with Crippen LogP contribution in [0.1, 0.15) is 25.8 Å². The van der Waals surface area contributed by atoms with Gasteiger partial charge in [-0.15, -0.1) is 0 Å². The molecule has 0 saturated heterocycles. The van der Waals surface area contributed by atoms with E-state index in [0.29, 0.717) is 19.6 Å². The zero-order valence-electron chi connectivity index (χ0n) is 13.7. The fourth-order valence-electron chi connectivity index (χ4n) is 2.56. The molecular weight excluding hydrogens is 290 g/mol. The van der Waals surface area contributed by atoms with Crippen molar-refractivity contribution in [3.8, 4) is 0 Å². The van der Waals surface area contributed by atoms with Gasteiger partial charge in [-0.2, -0.15) is 0 Å². The number of ether oxygens (including phenoxy) is 1. The summed E-state index contributed by atoms with van der Waals surface area (Å²) in [5.74, 6) is -0.400. The summed E-state index contributed by atoms with van der Waals surface area (Å²) in [4.78, 5) is 25.7. The van der Waals surface area contributed by atoms with Gasteiger partial charge in [0.1, 0.15) is 6.54 Å². The Kier molecular flexibility index (Phi) is 6.15. The molecule has 0 bridgehead atoms. The van der Waals surface area contributed by atoms with E-state index in [9.17, 15) is 9.59 Å². The topological polar surface area (TPSA) is 46.6 Å². The molecule has 0 saturated carbocycles. The molecule has 122 valence electrons. The molecule has 1 amide bonds. The molecule has 4 nitrogen and oxygen atoms in total. The summed E-state index contributed by atoms with van der Waals surface area (Å²) in [6, 6.07) is 14.1. The third kappa shape index (κ3) is 4.81. The Morgan fingerprint density at radius 1 is 1.04 bits per heavy atom. The molecule has 0 radical (unpaired) electrons. The highest BCUT2D eigenvalue weighted by Gasteiger charge is 2.17. The maximum absolute atomic E-state index is 12.5. The summed E-state index contributed by atoms with van der Waals surface area (Å²) in [5, 5.41) is 2.27. The summed E-state index contributed by atoms with van der Waals surface area (Å²) in [5.41, 5.74) is 0.957. The smallest absolute Gasteiger partial charge is 0.325 e. The highest BCUT2D eigenvalue weighted by Crippen LogP contribution is 2.16. The van der Waals surface area contributed by atoms with Gasteiger partial charge in [0.05, 0.1) is 13.0 Å². The van der Waals surface area contributed by atoms with Gasteiger partial charge in [0.15, 0.2) is 0 Å². The Morgan fingerprint density at radius 2 is 1.78 bits per heavy atom. The normalized spacial score (nSPS) is 10.5. The number of carbonyl (C=O) groups is 2. The summed E-state index contributed by atoms with van der Waals surface area (Å²) >= 11 is 0. The van der Waals surface area contributed by atoms with E-state index in [1.165, 1.54) is 0 Å². The molecule has 0 aliphatic rings. The van der Waals surface area contributed by atoms with Gasteiger partial charge >= 0.3 is 5.97 Å². The number of rotatable bonds is 7. The Bertz CT molecular complexity index is 681. The van der Waals surface area contributed by atoms with Crippen molar-refractivity contribution in [3.63, 3.8) is 0 Å². The molecule has 0 N–H and O–H groups in total. The number of fused-ring (bicyclic) bond motifs is 1. The maximum Gasteiger partial charge on any atom is 0.325 e. The third-order valence-corrected chi connectivity index (χ3v) is 3.64. The number of benzene rings is 2. The van der Waals surface area contributed by atoms with Crippen LogP contribution in [-0.4, -0.2) is 36.5 Å². The lowest BCUT2D eigenvalue weighted by Crippen LogP contribution is -2.38. The van der Waals surface area contributed by atoms with Gasteiger partial charge < -0.3 is 9.64 Å². The number of hydrogen-bond donors (Lipinski definition) is 0. The van der Waals surface area contributed by atoms with Crippen LogP contribution in [0.15, 0.2) is 42.5 Å². The van der Waals surface area contributed by atoms with Crippen LogP contribution >= 0.6 is 0 Å². The lowest BCUT2D eigenvalue weighted by atomic mass is 10.0. The van der Waals surface area contributed by atoms with Gasteiger partial charge in [0.2, 0.25) is 5.91 Å². The van der Waals surface area contributed by atoms with Gasteiger partial charge in [-0.1, -0.05) is 49.4 Å². The number of amides is 1. The average Bonchev–Trinajstić information content (AvgIpc) is 2.54. The molecule has 2 aromatic carbocycles. The van der Waals surface area contributed by atoms with Crippen LogP contribution in [0, 0.1) is 0 Å². The fourth-order valence-corrected chi connectivity index (χ4v) is 2.56. The van der Waals surface area contributed by atoms with Crippen molar-refractivity contribution in [2.24, 2.45) is 0 Å². The van der Waals surface area contributed by atoms with Crippen molar-refractivity contribution in [2.45, 2.75) is 26.7 Å². The van der Waals surface area contributed by atoms with Gasteiger partial charge in [-0.25, -0.2) is 0 Å². The standard InChI is InChI=1S/C19H23NO3/c1-3-11-20(14-19(22)23-4-2)18(21)13-15-9-10-16-7-5-6-8-17(16)12-15/h5-10,12H,3-4,11,13-14H2,1-2H3. The summed E-state index contributed by atoms with van der Waals surface area (Å²) in [6.07, 6.45) is 1.10. The van der Waals surface area contributed by atoms with Crippen LogP contribution in [0.4, 0.5) is 0 Å². The Labute approximate surface area is 137 Å². The second kappa shape index (κ2) is 8.32. The Hall–Kier alpha value is -2.36. The number of esters is 1. The van der Waals surface area contributed by atoms with Crippen LogP contribution in [-0.2, 0) is 20.7 Å². The van der Waals surface area contributed by atoms with Gasteiger partial charge in [0, 0.05) is 6.54 Å². The lowest BCUT2D eigenvalue weighted by molar-refractivity contribution is -0.148. The van der Waals surface area contributed by atoms with E-state index in [1.54, 1.807) is 11.8 Å². The van der Waals surface area contributed by atoms with Crippen LogP contribution in [0.2, 0.25) is 0 Å². The fraction of sp³-hybridized carbons (Fsp3) is 0.368. The molecule has 0 heterocycles. The molecule has 4 heteroatoms. The quantitative estimate of drug-likeness (QED) is 0.738. The van der Waals surface area contributed by atoms with E-state index in [1.807, 2.05) is 49.4 Å². The van der Waals surface area contributed by atoms with Gasteiger partial charge in [0.25, 0.3) is 0 Å². The first-order valence-electron chi connectivity index (χ1n) is 8.05. The van der Waals surface area contributed by atoms with Crippen LogP contribution < -0.4 is 0 Å². The number of nitrogens with zero attached hydrogens (tertiary/aromatic N) is 1. The van der Waals surface area contributed by atoms with Crippen LogP contribution in [0.3, 0.4) is 0 Å². The van der Waals surface area contributed by atoms with Crippen molar-refractivity contribution in [3.05, 3.63) is 48.0 Å². The average molecular weight is 313 g/mol. The van der Waals surface area contributed by atoms with Crippen molar-refractivity contribution in [1.29, 1.82) is 0 Å². The zero-order valence-corrected chi connectivity index (χ0v) is 13.7. The van der Waals surface area contributed by atoms with E-state index in [-0.39, 0.29) is 18.4 Å². The molecule has 0 spiro atoms. The predicted octanol–water partition coefficient (Wildman–Crippen LogP) is 3.18. The van der Waals surface area contributed by atoms with Crippen molar-refractivity contribution >= 4 is 22.6 Å². The van der Waals surface area contributed by atoms with Crippen LogP contribution in [0.5, 0.6) is 0 Å². The molecule has 2 rings (SSSR count). The lowest BCUT2D eigenvalue weighted by Gasteiger charge is -2.21. The van der Waals surface area contributed by atoms with E-state index in [4.69, 9.17) is 4.74 Å². The molecule has 0 aliphatic carbocycles. The minimum atomic E-state index is -0.354. The molecule has 0 fully saturated rings. The minimum Gasteiger partial charge on any atom is -0.465 e. The maximum atomic E-state index is 12.5. The monoisotopic (exact) mass is 313 g/mol. The molecule has 0 unspecified atom stereocenters. The Balaban J connectivity index is 2.08. The molecule has 0 atom stereocenters. The van der Waals surface area contributed by atoms with Gasteiger partial charge in [-0.05, 0) is 29.7 Å². The predicted molar refractivity (Wildman–Crippen MR) is 91.2 cm³/mol. The van der Waals surface area contributed by atoms with E-state index in [0.717, 1.165) is 22.8 Å². The highest BCUT2D eigenvalue weighted by molar-refractivity contribution is 5.86. The first-order valence-corrected chi connectivity index (χ1v) is 8.05. The van der Waals surface area contributed by atoms with Crippen molar-refractivity contribution in [1.82, 2.24) is 4.90 Å². The first-order chi connectivity index (χ1) is 11.1. The number of carbonyl (C=O) groups excluding carboxylic acids is 2. The largest absolute Gasteiger partial charge is 0.465 e. The second-order valence-electron chi connectivity index (χ2n) is 5.48. The second-order valence-corrected chi connectivity index (χ2v) is 5.48. The van der Waals surface area contributed by atoms with Crippen molar-refractivity contribution in [2.75, 3.05) is 19.7 Å². The van der Waals surface area contributed by atoms with E-state index >= 15 is 0 Å². The number of hydrogen-bond acceptors (Lipinski definition) is 3. The SMILES string of the molecule is CCCN(CC(=O)OCC)C(=O)Cc1ccc2ccccc2c1. The highest BCUT2D eigenvalue weighted by atomic mass is 16.5. The summed E-state index contributed by atoms with van der Waals surface area (Å²) in [6.45, 7) is 4.66. The summed E-state index contributed by atoms with van der Waals surface area (Å²) < 4.78 is 4.94. The van der Waals surface area contributed by atoms with Crippen LogP contribution in [0.25, 0.3) is 10.8 Å². The molecular formula is C19H23NO3. The van der Waals surface area contributed by atoms with E-state index < -0.39 is 0 Å². The van der Waals surface area contributed by atoms with E-state index in [2.05, 4.69) is 0 Å². The molecule has 23 heavy (non-hydrogen) atoms. The minimum absolute atomic E-state index is 0.0219. The van der Waals surface area contributed by atoms with Crippen molar-refractivity contribution < 1.29 is 14.3 Å². The molecule has 0 aliphatic heterocycles. The molecule has 2 aromatic rings. The summed E-state index contributed by atoms with van der Waals surface area (Å²) in [7, 11) is 0. The first kappa shape index (κ1) is 17.0. The van der Waals surface area contributed by atoms with Gasteiger partial charge in [-0.3, -0.25) is 9.59 Å². The Morgan fingerprint density at radius 3 is 2.48 bits per heavy atom. The molecule has 0 aromatic heterocycles.